The molecule has 1 aromatic heterocycles. The Labute approximate surface area is 156 Å². The monoisotopic (exact) mass is 387 g/mol. The van der Waals surface area contributed by atoms with E-state index in [9.17, 15) is 12.8 Å². The largest absolute Gasteiger partial charge is 0.426 e. The van der Waals surface area contributed by atoms with E-state index in [-0.39, 0.29) is 16.6 Å². The summed E-state index contributed by atoms with van der Waals surface area (Å²) in [6, 6.07) is 11.6. The maximum atomic E-state index is 13.5. The Hall–Kier alpha value is -2.58. The van der Waals surface area contributed by atoms with E-state index in [1.165, 1.54) is 22.8 Å². The van der Waals surface area contributed by atoms with Crippen LogP contribution in [0.1, 0.15) is 41.9 Å². The Morgan fingerprint density at radius 3 is 2.33 bits per heavy atom. The van der Waals surface area contributed by atoms with Crippen molar-refractivity contribution in [1.82, 2.24) is 14.5 Å². The number of benzene rings is 2. The zero-order valence-corrected chi connectivity index (χ0v) is 15.4. The van der Waals surface area contributed by atoms with Crippen molar-refractivity contribution in [2.75, 3.05) is 0 Å². The fraction of sp³-hybridized carbons (Fsp3) is 0.263. The van der Waals surface area contributed by atoms with E-state index in [1.807, 2.05) is 6.92 Å². The lowest BCUT2D eigenvalue weighted by Gasteiger charge is -2.28. The number of rotatable bonds is 4. The summed E-state index contributed by atoms with van der Waals surface area (Å²) in [6.07, 6.45) is 2.30. The number of nitrogens with zero attached hydrogens (tertiary/aromatic N) is 3. The molecule has 0 amide bonds. The first-order chi connectivity index (χ1) is 13.0. The van der Waals surface area contributed by atoms with Crippen LogP contribution in [-0.2, 0) is 10.0 Å². The molecule has 140 valence electrons. The molecule has 3 aromatic rings. The van der Waals surface area contributed by atoms with Crippen molar-refractivity contribution in [1.29, 1.82) is 0 Å². The molecular weight excluding hydrogens is 369 g/mol. The molecule has 0 spiro atoms. The highest BCUT2D eigenvalue weighted by atomic mass is 32.2. The number of aryl methyl sites for hydroxylation is 1. The van der Waals surface area contributed by atoms with Crippen LogP contribution in [0, 0.1) is 12.7 Å². The van der Waals surface area contributed by atoms with Crippen LogP contribution in [0.25, 0.3) is 0 Å². The molecule has 2 aromatic carbocycles. The molecule has 2 unspecified atom stereocenters. The van der Waals surface area contributed by atoms with Gasteiger partial charge in [0, 0.05) is 0 Å². The first-order valence-corrected chi connectivity index (χ1v) is 10.0. The maximum absolute atomic E-state index is 13.5. The molecule has 0 bridgehead atoms. The van der Waals surface area contributed by atoms with E-state index in [2.05, 4.69) is 10.2 Å². The second-order valence-electron chi connectivity index (χ2n) is 6.59. The van der Waals surface area contributed by atoms with Crippen LogP contribution >= 0.6 is 0 Å². The summed E-state index contributed by atoms with van der Waals surface area (Å²) in [5.41, 5.74) is 1.70. The third-order valence-corrected chi connectivity index (χ3v) is 6.77. The molecule has 1 fully saturated rings. The SMILES string of the molecule is Cc1ccc(S(=O)(=O)N2C(c3ccc(F)cc3)CCC2c2nnco2)cc1. The summed E-state index contributed by atoms with van der Waals surface area (Å²) in [6.45, 7) is 1.90. The van der Waals surface area contributed by atoms with Crippen molar-refractivity contribution in [3.8, 4) is 0 Å². The minimum atomic E-state index is -3.83. The van der Waals surface area contributed by atoms with Crippen molar-refractivity contribution in [3.05, 3.63) is 77.8 Å². The van der Waals surface area contributed by atoms with Gasteiger partial charge in [-0.25, -0.2) is 12.8 Å². The van der Waals surface area contributed by atoms with Crippen LogP contribution in [-0.4, -0.2) is 22.9 Å². The number of sulfonamides is 1. The number of halogens is 1. The average Bonchev–Trinajstić information content (AvgIpc) is 3.32. The minimum Gasteiger partial charge on any atom is -0.426 e. The molecule has 6 nitrogen and oxygen atoms in total. The van der Waals surface area contributed by atoms with Crippen LogP contribution in [0.5, 0.6) is 0 Å². The van der Waals surface area contributed by atoms with Gasteiger partial charge in [0.25, 0.3) is 0 Å². The molecule has 0 aliphatic carbocycles. The van der Waals surface area contributed by atoms with Crippen molar-refractivity contribution >= 4 is 10.0 Å². The van der Waals surface area contributed by atoms with E-state index >= 15 is 0 Å². The summed E-state index contributed by atoms with van der Waals surface area (Å²) >= 11 is 0. The zero-order chi connectivity index (χ0) is 19.0. The van der Waals surface area contributed by atoms with Crippen LogP contribution in [0.2, 0.25) is 0 Å². The van der Waals surface area contributed by atoms with Gasteiger partial charge in [-0.05, 0) is 49.6 Å². The summed E-state index contributed by atoms with van der Waals surface area (Å²) in [4.78, 5) is 0.201. The Balaban J connectivity index is 1.81. The molecule has 8 heteroatoms. The van der Waals surface area contributed by atoms with Gasteiger partial charge in [0.2, 0.25) is 22.3 Å². The molecule has 27 heavy (non-hydrogen) atoms. The predicted octanol–water partition coefficient (Wildman–Crippen LogP) is 3.78. The topological polar surface area (TPSA) is 76.3 Å². The Morgan fingerprint density at radius 1 is 1.04 bits per heavy atom. The molecule has 4 rings (SSSR count). The predicted molar refractivity (Wildman–Crippen MR) is 95.6 cm³/mol. The van der Waals surface area contributed by atoms with Crippen molar-refractivity contribution in [2.45, 2.75) is 36.7 Å². The lowest BCUT2D eigenvalue weighted by molar-refractivity contribution is 0.286. The molecule has 1 aliphatic rings. The average molecular weight is 387 g/mol. The van der Waals surface area contributed by atoms with E-state index < -0.39 is 22.1 Å². The molecule has 0 radical (unpaired) electrons. The van der Waals surface area contributed by atoms with Crippen LogP contribution in [0.4, 0.5) is 4.39 Å². The van der Waals surface area contributed by atoms with Gasteiger partial charge in [-0.15, -0.1) is 10.2 Å². The van der Waals surface area contributed by atoms with Crippen LogP contribution in [0.15, 0.2) is 64.2 Å². The van der Waals surface area contributed by atoms with Gasteiger partial charge in [0.05, 0.1) is 10.9 Å². The lowest BCUT2D eigenvalue weighted by atomic mass is 10.1. The molecule has 1 aliphatic heterocycles. The molecule has 2 atom stereocenters. The first kappa shape index (κ1) is 17.8. The smallest absolute Gasteiger partial charge is 0.244 e. The van der Waals surface area contributed by atoms with Gasteiger partial charge in [-0.2, -0.15) is 4.31 Å². The van der Waals surface area contributed by atoms with Crippen molar-refractivity contribution in [3.63, 3.8) is 0 Å². The molecule has 0 N–H and O–H groups in total. The molecule has 2 heterocycles. The summed E-state index contributed by atoms with van der Waals surface area (Å²) < 4.78 is 47.0. The summed E-state index contributed by atoms with van der Waals surface area (Å²) in [5, 5.41) is 7.62. The summed E-state index contributed by atoms with van der Waals surface area (Å²) in [5.74, 6) is -0.103. The van der Waals surface area contributed by atoms with E-state index in [0.717, 1.165) is 11.1 Å². The fourth-order valence-corrected chi connectivity index (χ4v) is 5.33. The Kier molecular flexibility index (Phi) is 4.53. The second kappa shape index (κ2) is 6.86. The van der Waals surface area contributed by atoms with E-state index in [1.54, 1.807) is 36.4 Å². The van der Waals surface area contributed by atoms with Gasteiger partial charge in [0.1, 0.15) is 11.9 Å². The maximum Gasteiger partial charge on any atom is 0.244 e. The van der Waals surface area contributed by atoms with Gasteiger partial charge < -0.3 is 4.42 Å². The van der Waals surface area contributed by atoms with Gasteiger partial charge >= 0.3 is 0 Å². The Bertz CT molecular complexity index is 1020. The standard InChI is InChI=1S/C19H18FN3O3S/c1-13-2-8-16(9-3-13)27(24,25)23-17(14-4-6-15(20)7-5-14)10-11-18(23)19-22-21-12-26-19/h2-9,12,17-18H,10-11H2,1H3. The van der Waals surface area contributed by atoms with Gasteiger partial charge in [0.15, 0.2) is 0 Å². The second-order valence-corrected chi connectivity index (χ2v) is 8.43. The molecule has 1 saturated heterocycles. The molecular formula is C19H18FN3O3S. The quantitative estimate of drug-likeness (QED) is 0.681. The minimum absolute atomic E-state index is 0.201. The highest BCUT2D eigenvalue weighted by molar-refractivity contribution is 7.89. The van der Waals surface area contributed by atoms with Crippen LogP contribution < -0.4 is 0 Å². The third kappa shape index (κ3) is 3.26. The highest BCUT2D eigenvalue weighted by Crippen LogP contribution is 2.46. The van der Waals surface area contributed by atoms with Crippen molar-refractivity contribution < 1.29 is 17.2 Å². The number of hydrogen-bond donors (Lipinski definition) is 0. The normalized spacial score (nSPS) is 20.8. The van der Waals surface area contributed by atoms with Gasteiger partial charge in [-0.3, -0.25) is 0 Å². The lowest BCUT2D eigenvalue weighted by Crippen LogP contribution is -2.33. The number of hydrogen-bond acceptors (Lipinski definition) is 5. The zero-order valence-electron chi connectivity index (χ0n) is 14.6. The first-order valence-electron chi connectivity index (χ1n) is 8.58. The summed E-state index contributed by atoms with van der Waals surface area (Å²) in [7, 11) is -3.83. The van der Waals surface area contributed by atoms with E-state index in [0.29, 0.717) is 12.8 Å². The third-order valence-electron chi connectivity index (χ3n) is 4.84. The fourth-order valence-electron chi connectivity index (χ4n) is 3.51. The molecule has 0 saturated carbocycles. The highest BCUT2D eigenvalue weighted by Gasteiger charge is 2.45. The van der Waals surface area contributed by atoms with E-state index in [4.69, 9.17) is 4.42 Å². The van der Waals surface area contributed by atoms with Crippen LogP contribution in [0.3, 0.4) is 0 Å². The number of aromatic nitrogens is 2. The van der Waals surface area contributed by atoms with Crippen molar-refractivity contribution in [2.24, 2.45) is 0 Å². The van der Waals surface area contributed by atoms with Gasteiger partial charge in [-0.1, -0.05) is 29.8 Å². The Morgan fingerprint density at radius 2 is 1.70 bits per heavy atom.